The number of aromatic hydroxyl groups is 1. The first-order valence-electron chi connectivity index (χ1n) is 6.62. The second-order valence-electron chi connectivity index (χ2n) is 5.49. The summed E-state index contributed by atoms with van der Waals surface area (Å²) >= 11 is 0. The van der Waals surface area contributed by atoms with E-state index in [1.807, 2.05) is 11.9 Å². The van der Waals surface area contributed by atoms with Crippen LogP contribution in [0.5, 0.6) is 5.75 Å². The molecule has 1 aromatic rings. The average molecular weight is 262 g/mol. The van der Waals surface area contributed by atoms with E-state index in [9.17, 15) is 9.90 Å². The van der Waals surface area contributed by atoms with E-state index in [2.05, 4.69) is 14.9 Å². The first-order valence-corrected chi connectivity index (χ1v) is 6.62. The average Bonchev–Trinajstić information content (AvgIpc) is 2.70. The Balaban J connectivity index is 1.70. The summed E-state index contributed by atoms with van der Waals surface area (Å²) in [5, 5.41) is 9.19. The zero-order chi connectivity index (χ0) is 13.5. The van der Waals surface area contributed by atoms with Crippen molar-refractivity contribution in [3.63, 3.8) is 0 Å². The molecule has 1 N–H and O–H groups in total. The van der Waals surface area contributed by atoms with Crippen molar-refractivity contribution in [2.24, 2.45) is 5.41 Å². The van der Waals surface area contributed by atoms with Gasteiger partial charge in [0.2, 0.25) is 11.9 Å². The molecule has 19 heavy (non-hydrogen) atoms. The van der Waals surface area contributed by atoms with Gasteiger partial charge in [-0.15, -0.1) is 0 Å². The van der Waals surface area contributed by atoms with Crippen molar-refractivity contribution in [2.45, 2.75) is 19.3 Å². The Bertz CT molecular complexity index is 480. The lowest BCUT2D eigenvalue weighted by molar-refractivity contribution is -0.135. The fraction of sp³-hybridized carbons (Fsp3) is 0.615. The van der Waals surface area contributed by atoms with E-state index >= 15 is 0 Å². The highest BCUT2D eigenvalue weighted by molar-refractivity contribution is 5.84. The third-order valence-corrected chi connectivity index (χ3v) is 4.35. The molecule has 2 aliphatic rings. The molecule has 0 bridgehead atoms. The number of rotatable bonds is 1. The van der Waals surface area contributed by atoms with E-state index in [1.165, 1.54) is 12.4 Å². The number of likely N-dealkylation sites (tertiary alicyclic amines) is 1. The normalized spacial score (nSPS) is 22.3. The molecule has 0 atom stereocenters. The summed E-state index contributed by atoms with van der Waals surface area (Å²) in [5.41, 5.74) is -0.151. The third kappa shape index (κ3) is 2.01. The lowest BCUT2D eigenvalue weighted by Gasteiger charge is -2.37. The number of piperidine rings is 1. The Morgan fingerprint density at radius 3 is 2.26 bits per heavy atom. The number of carbonyl (C=O) groups is 1. The predicted molar refractivity (Wildman–Crippen MR) is 69.8 cm³/mol. The number of hydrogen-bond donors (Lipinski definition) is 1. The van der Waals surface area contributed by atoms with Gasteiger partial charge in [-0.1, -0.05) is 0 Å². The van der Waals surface area contributed by atoms with Crippen LogP contribution in [0, 0.1) is 5.41 Å². The van der Waals surface area contributed by atoms with Gasteiger partial charge in [0.1, 0.15) is 0 Å². The summed E-state index contributed by atoms with van der Waals surface area (Å²) in [5.74, 6) is 0.995. The minimum Gasteiger partial charge on any atom is -0.505 e. The van der Waals surface area contributed by atoms with Gasteiger partial charge >= 0.3 is 0 Å². The summed E-state index contributed by atoms with van der Waals surface area (Å²) in [6.45, 7) is 2.46. The van der Waals surface area contributed by atoms with Gasteiger partial charge in [-0.3, -0.25) is 4.79 Å². The van der Waals surface area contributed by atoms with Crippen LogP contribution in [-0.4, -0.2) is 52.6 Å². The van der Waals surface area contributed by atoms with Gasteiger partial charge in [0.15, 0.2) is 5.75 Å². The summed E-state index contributed by atoms with van der Waals surface area (Å²) in [4.78, 5) is 24.4. The molecule has 6 heteroatoms. The maximum atomic E-state index is 12.2. The molecule has 3 heterocycles. The van der Waals surface area contributed by atoms with Crippen LogP contribution in [0.25, 0.3) is 0 Å². The number of hydrogen-bond acceptors (Lipinski definition) is 5. The lowest BCUT2D eigenvalue weighted by Crippen LogP contribution is -2.44. The summed E-state index contributed by atoms with van der Waals surface area (Å²) in [6, 6.07) is 0. The van der Waals surface area contributed by atoms with Gasteiger partial charge in [-0.2, -0.15) is 0 Å². The van der Waals surface area contributed by atoms with Gasteiger partial charge in [0, 0.05) is 26.7 Å². The minimum atomic E-state index is -0.151. The Labute approximate surface area is 112 Å². The van der Waals surface area contributed by atoms with Crippen molar-refractivity contribution in [1.82, 2.24) is 14.9 Å². The van der Waals surface area contributed by atoms with Crippen molar-refractivity contribution < 1.29 is 9.90 Å². The molecule has 0 radical (unpaired) electrons. The standard InChI is InChI=1S/C13H18N4O2/c1-16-5-2-13(11(16)19)3-6-17(7-4-13)12-14-8-10(18)9-15-12/h8-9,18H,2-7H2,1H3. The van der Waals surface area contributed by atoms with E-state index in [1.54, 1.807) is 0 Å². The van der Waals surface area contributed by atoms with Crippen LogP contribution >= 0.6 is 0 Å². The molecule has 1 spiro atoms. The molecule has 2 saturated heterocycles. The van der Waals surface area contributed by atoms with Crippen molar-refractivity contribution in [2.75, 3.05) is 31.6 Å². The molecule has 0 saturated carbocycles. The molecule has 2 fully saturated rings. The summed E-state index contributed by atoms with van der Waals surface area (Å²) < 4.78 is 0. The van der Waals surface area contributed by atoms with E-state index in [0.717, 1.165) is 38.9 Å². The van der Waals surface area contributed by atoms with E-state index < -0.39 is 0 Å². The minimum absolute atomic E-state index is 0.0739. The van der Waals surface area contributed by atoms with Crippen LogP contribution in [0.4, 0.5) is 5.95 Å². The predicted octanol–water partition coefficient (Wildman–Crippen LogP) is 0.631. The summed E-state index contributed by atoms with van der Waals surface area (Å²) in [6.07, 6.45) is 5.50. The van der Waals surface area contributed by atoms with Crippen LogP contribution in [0.15, 0.2) is 12.4 Å². The molecule has 1 amide bonds. The Kier molecular flexibility index (Phi) is 2.80. The first-order chi connectivity index (χ1) is 9.11. The second kappa shape index (κ2) is 4.36. The molecule has 3 rings (SSSR count). The third-order valence-electron chi connectivity index (χ3n) is 4.35. The van der Waals surface area contributed by atoms with Gasteiger partial charge in [0.05, 0.1) is 17.8 Å². The fourth-order valence-corrected chi connectivity index (χ4v) is 3.07. The molecule has 0 unspecified atom stereocenters. The zero-order valence-electron chi connectivity index (χ0n) is 11.0. The van der Waals surface area contributed by atoms with Crippen LogP contribution in [0.3, 0.4) is 0 Å². The summed E-state index contributed by atoms with van der Waals surface area (Å²) in [7, 11) is 1.88. The molecule has 0 aliphatic carbocycles. The van der Waals surface area contributed by atoms with Crippen LogP contribution in [0.1, 0.15) is 19.3 Å². The quantitative estimate of drug-likeness (QED) is 0.804. The van der Waals surface area contributed by atoms with E-state index in [4.69, 9.17) is 0 Å². The smallest absolute Gasteiger partial charge is 0.228 e. The SMILES string of the molecule is CN1CCC2(CCN(c3ncc(O)cn3)CC2)C1=O. The van der Waals surface area contributed by atoms with Gasteiger partial charge in [0.25, 0.3) is 0 Å². The van der Waals surface area contributed by atoms with Crippen LogP contribution < -0.4 is 4.90 Å². The first kappa shape index (κ1) is 12.2. The topological polar surface area (TPSA) is 69.6 Å². The number of nitrogens with zero attached hydrogens (tertiary/aromatic N) is 4. The number of amides is 1. The highest BCUT2D eigenvalue weighted by atomic mass is 16.3. The fourth-order valence-electron chi connectivity index (χ4n) is 3.07. The number of carbonyl (C=O) groups excluding carboxylic acids is 1. The molecular weight excluding hydrogens is 244 g/mol. The molecular formula is C13H18N4O2. The number of anilines is 1. The lowest BCUT2D eigenvalue weighted by atomic mass is 9.77. The molecule has 1 aromatic heterocycles. The highest BCUT2D eigenvalue weighted by Gasteiger charge is 2.47. The van der Waals surface area contributed by atoms with Gasteiger partial charge < -0.3 is 14.9 Å². The molecule has 2 aliphatic heterocycles. The van der Waals surface area contributed by atoms with Crippen LogP contribution in [0.2, 0.25) is 0 Å². The van der Waals surface area contributed by atoms with Crippen molar-refractivity contribution >= 4 is 11.9 Å². The monoisotopic (exact) mass is 262 g/mol. The van der Waals surface area contributed by atoms with Crippen molar-refractivity contribution in [3.05, 3.63) is 12.4 Å². The van der Waals surface area contributed by atoms with E-state index in [-0.39, 0.29) is 11.2 Å². The maximum Gasteiger partial charge on any atom is 0.228 e. The Hall–Kier alpha value is -1.85. The highest BCUT2D eigenvalue weighted by Crippen LogP contribution is 2.41. The Morgan fingerprint density at radius 2 is 1.74 bits per heavy atom. The largest absolute Gasteiger partial charge is 0.505 e. The maximum absolute atomic E-state index is 12.2. The molecule has 6 nitrogen and oxygen atoms in total. The van der Waals surface area contributed by atoms with Gasteiger partial charge in [-0.25, -0.2) is 9.97 Å². The second-order valence-corrected chi connectivity index (χ2v) is 5.49. The zero-order valence-corrected chi connectivity index (χ0v) is 11.0. The van der Waals surface area contributed by atoms with Gasteiger partial charge in [-0.05, 0) is 19.3 Å². The van der Waals surface area contributed by atoms with Crippen molar-refractivity contribution in [3.8, 4) is 5.75 Å². The molecule has 102 valence electrons. The Morgan fingerprint density at radius 1 is 1.16 bits per heavy atom. The number of aromatic nitrogens is 2. The van der Waals surface area contributed by atoms with Crippen LogP contribution in [-0.2, 0) is 4.79 Å². The van der Waals surface area contributed by atoms with Crippen molar-refractivity contribution in [1.29, 1.82) is 0 Å². The molecule has 0 aromatic carbocycles. The van der Waals surface area contributed by atoms with E-state index in [0.29, 0.717) is 11.9 Å².